The van der Waals surface area contributed by atoms with Crippen LogP contribution >= 0.6 is 0 Å². The highest BCUT2D eigenvalue weighted by molar-refractivity contribution is 6.00. The average Bonchev–Trinajstić information content (AvgIpc) is 3.24. The minimum atomic E-state index is -0.0295. The van der Waals surface area contributed by atoms with Gasteiger partial charge < -0.3 is 18.8 Å². The van der Waals surface area contributed by atoms with Gasteiger partial charge in [0.05, 0.1) is 32.1 Å². The summed E-state index contributed by atoms with van der Waals surface area (Å²) >= 11 is 0. The first-order valence-corrected chi connectivity index (χ1v) is 8.83. The van der Waals surface area contributed by atoms with Crippen LogP contribution in [0.4, 0.5) is 0 Å². The monoisotopic (exact) mass is 364 g/mol. The average molecular weight is 364 g/mol. The minimum absolute atomic E-state index is 0.0295. The van der Waals surface area contributed by atoms with E-state index in [1.54, 1.807) is 18.2 Å². The van der Waals surface area contributed by atoms with Gasteiger partial charge in [0.15, 0.2) is 5.76 Å². The highest BCUT2D eigenvalue weighted by Crippen LogP contribution is 2.29. The molecule has 0 spiro atoms. The summed E-state index contributed by atoms with van der Waals surface area (Å²) in [6.45, 7) is 2.31. The lowest BCUT2D eigenvalue weighted by molar-refractivity contribution is 0.0303. The van der Waals surface area contributed by atoms with E-state index in [2.05, 4.69) is 4.98 Å². The first-order chi connectivity index (χ1) is 13.3. The molecule has 1 aliphatic heterocycles. The normalized spacial score (nSPS) is 14.2. The summed E-state index contributed by atoms with van der Waals surface area (Å²) in [5, 5.41) is 0. The molecular formula is C21H20N2O4. The van der Waals surface area contributed by atoms with E-state index in [1.807, 2.05) is 48.5 Å². The van der Waals surface area contributed by atoms with Gasteiger partial charge in [-0.3, -0.25) is 4.79 Å². The summed E-state index contributed by atoms with van der Waals surface area (Å²) in [7, 11) is 1.63. The molecule has 6 heteroatoms. The first-order valence-electron chi connectivity index (χ1n) is 8.83. The third-order valence-corrected chi connectivity index (χ3v) is 4.57. The van der Waals surface area contributed by atoms with Gasteiger partial charge in [-0.2, -0.15) is 0 Å². The number of hydrogen-bond donors (Lipinski definition) is 0. The molecule has 138 valence electrons. The van der Waals surface area contributed by atoms with E-state index in [1.165, 1.54) is 0 Å². The van der Waals surface area contributed by atoms with Gasteiger partial charge in [0, 0.05) is 24.2 Å². The molecule has 0 saturated carbocycles. The Morgan fingerprint density at radius 3 is 2.56 bits per heavy atom. The van der Waals surface area contributed by atoms with E-state index in [0.29, 0.717) is 49.1 Å². The van der Waals surface area contributed by atoms with Gasteiger partial charge in [-0.05, 0) is 36.4 Å². The Morgan fingerprint density at radius 1 is 1.07 bits per heavy atom. The molecule has 0 radical (unpaired) electrons. The maximum Gasteiger partial charge on any atom is 0.254 e. The van der Waals surface area contributed by atoms with Gasteiger partial charge in [-0.25, -0.2) is 4.98 Å². The van der Waals surface area contributed by atoms with Crippen LogP contribution in [0, 0.1) is 0 Å². The Kier molecular flexibility index (Phi) is 4.89. The molecule has 1 amide bonds. The molecular weight excluding hydrogens is 344 g/mol. The molecule has 1 aromatic heterocycles. The molecule has 1 aliphatic rings. The Morgan fingerprint density at radius 2 is 1.81 bits per heavy atom. The number of aromatic nitrogens is 1. The molecule has 0 unspecified atom stereocenters. The largest absolute Gasteiger partial charge is 0.497 e. The molecule has 2 heterocycles. The Hall–Kier alpha value is -3.12. The number of hydrogen-bond acceptors (Lipinski definition) is 5. The fourth-order valence-corrected chi connectivity index (χ4v) is 3.08. The van der Waals surface area contributed by atoms with Crippen molar-refractivity contribution in [3.8, 4) is 28.5 Å². The van der Waals surface area contributed by atoms with Crippen LogP contribution in [0.1, 0.15) is 10.4 Å². The van der Waals surface area contributed by atoms with Crippen molar-refractivity contribution in [3.05, 3.63) is 60.3 Å². The maximum absolute atomic E-state index is 12.9. The number of nitrogens with zero attached hydrogens (tertiary/aromatic N) is 2. The third-order valence-electron chi connectivity index (χ3n) is 4.57. The quantitative estimate of drug-likeness (QED) is 0.709. The molecule has 0 bridgehead atoms. The molecule has 27 heavy (non-hydrogen) atoms. The predicted octanol–water partition coefficient (Wildman–Crippen LogP) is 3.49. The third kappa shape index (κ3) is 3.57. The summed E-state index contributed by atoms with van der Waals surface area (Å²) in [6, 6.07) is 15.0. The number of carbonyl (C=O) groups is 1. The molecule has 2 aromatic carbocycles. The topological polar surface area (TPSA) is 64.8 Å². The SMILES string of the molecule is COc1ccc(-c2cnc(-c3ccccc3C(=O)N3CCOCC3)o2)cc1. The highest BCUT2D eigenvalue weighted by Gasteiger charge is 2.23. The Labute approximate surface area is 157 Å². The number of oxazole rings is 1. The second kappa shape index (κ2) is 7.63. The van der Waals surface area contributed by atoms with Gasteiger partial charge in [0.1, 0.15) is 5.75 Å². The molecule has 0 N–H and O–H groups in total. The van der Waals surface area contributed by atoms with Gasteiger partial charge >= 0.3 is 0 Å². The number of carbonyl (C=O) groups excluding carboxylic acids is 1. The standard InChI is InChI=1S/C21H20N2O4/c1-25-16-8-6-15(7-9-16)19-14-22-20(27-19)17-4-2-3-5-18(17)21(24)23-10-12-26-13-11-23/h2-9,14H,10-13H2,1H3. The van der Waals surface area contributed by atoms with E-state index in [0.717, 1.165) is 11.3 Å². The fourth-order valence-electron chi connectivity index (χ4n) is 3.08. The number of morpholine rings is 1. The highest BCUT2D eigenvalue weighted by atomic mass is 16.5. The van der Waals surface area contributed by atoms with E-state index in [-0.39, 0.29) is 5.91 Å². The fraction of sp³-hybridized carbons (Fsp3) is 0.238. The van der Waals surface area contributed by atoms with Crippen LogP contribution in [-0.4, -0.2) is 49.2 Å². The summed E-state index contributed by atoms with van der Waals surface area (Å²) in [5.41, 5.74) is 2.17. The molecule has 1 saturated heterocycles. The van der Waals surface area contributed by atoms with Crippen LogP contribution in [0.3, 0.4) is 0 Å². The summed E-state index contributed by atoms with van der Waals surface area (Å²) in [5.74, 6) is 1.82. The van der Waals surface area contributed by atoms with Gasteiger partial charge in [-0.15, -0.1) is 0 Å². The number of ether oxygens (including phenoxy) is 2. The smallest absolute Gasteiger partial charge is 0.254 e. The Balaban J connectivity index is 1.64. The molecule has 4 rings (SSSR count). The van der Waals surface area contributed by atoms with Crippen molar-refractivity contribution in [2.24, 2.45) is 0 Å². The van der Waals surface area contributed by atoms with Crippen LogP contribution in [0.5, 0.6) is 5.75 Å². The summed E-state index contributed by atoms with van der Waals surface area (Å²) in [4.78, 5) is 19.1. The van der Waals surface area contributed by atoms with E-state index in [4.69, 9.17) is 13.9 Å². The summed E-state index contributed by atoms with van der Waals surface area (Å²) in [6.07, 6.45) is 1.67. The number of rotatable bonds is 4. The number of amides is 1. The van der Waals surface area contributed by atoms with Crippen LogP contribution in [0.25, 0.3) is 22.8 Å². The lowest BCUT2D eigenvalue weighted by atomic mass is 10.1. The molecule has 3 aromatic rings. The van der Waals surface area contributed by atoms with Crippen molar-refractivity contribution < 1.29 is 18.7 Å². The zero-order chi connectivity index (χ0) is 18.6. The molecule has 1 fully saturated rings. The van der Waals surface area contributed by atoms with Gasteiger partial charge in [0.25, 0.3) is 5.91 Å². The van der Waals surface area contributed by atoms with Crippen molar-refractivity contribution in [2.75, 3.05) is 33.4 Å². The predicted molar refractivity (Wildman–Crippen MR) is 101 cm³/mol. The Bertz CT molecular complexity index is 927. The maximum atomic E-state index is 12.9. The first kappa shape index (κ1) is 17.3. The second-order valence-corrected chi connectivity index (χ2v) is 6.21. The van der Waals surface area contributed by atoms with Crippen LogP contribution in [-0.2, 0) is 4.74 Å². The van der Waals surface area contributed by atoms with Crippen LogP contribution < -0.4 is 4.74 Å². The summed E-state index contributed by atoms with van der Waals surface area (Å²) < 4.78 is 16.5. The molecule has 0 atom stereocenters. The van der Waals surface area contributed by atoms with E-state index in [9.17, 15) is 4.79 Å². The van der Waals surface area contributed by atoms with Crippen molar-refractivity contribution in [1.82, 2.24) is 9.88 Å². The zero-order valence-electron chi connectivity index (χ0n) is 15.1. The van der Waals surface area contributed by atoms with E-state index < -0.39 is 0 Å². The number of benzene rings is 2. The number of methoxy groups -OCH3 is 1. The van der Waals surface area contributed by atoms with Crippen molar-refractivity contribution >= 4 is 5.91 Å². The van der Waals surface area contributed by atoms with E-state index >= 15 is 0 Å². The zero-order valence-corrected chi connectivity index (χ0v) is 15.1. The minimum Gasteiger partial charge on any atom is -0.497 e. The van der Waals surface area contributed by atoms with Crippen molar-refractivity contribution in [1.29, 1.82) is 0 Å². The van der Waals surface area contributed by atoms with Crippen molar-refractivity contribution in [3.63, 3.8) is 0 Å². The second-order valence-electron chi connectivity index (χ2n) is 6.21. The van der Waals surface area contributed by atoms with Gasteiger partial charge in [-0.1, -0.05) is 12.1 Å². The van der Waals surface area contributed by atoms with Crippen LogP contribution in [0.15, 0.2) is 59.1 Å². The lowest BCUT2D eigenvalue weighted by Gasteiger charge is -2.27. The lowest BCUT2D eigenvalue weighted by Crippen LogP contribution is -2.40. The molecule has 0 aliphatic carbocycles. The van der Waals surface area contributed by atoms with Gasteiger partial charge in [0.2, 0.25) is 5.89 Å². The van der Waals surface area contributed by atoms with Crippen LogP contribution in [0.2, 0.25) is 0 Å². The molecule has 6 nitrogen and oxygen atoms in total. The van der Waals surface area contributed by atoms with Crippen molar-refractivity contribution in [2.45, 2.75) is 0 Å².